The van der Waals surface area contributed by atoms with Gasteiger partial charge in [-0.05, 0) is 49.3 Å². The van der Waals surface area contributed by atoms with Crippen molar-refractivity contribution >= 4 is 5.78 Å². The number of benzene rings is 1. The largest absolute Gasteiger partial charge is 0.497 e. The van der Waals surface area contributed by atoms with Crippen LogP contribution in [-0.4, -0.2) is 20.0 Å². The topological polar surface area (TPSA) is 35.5 Å². The third-order valence-corrected chi connectivity index (χ3v) is 4.64. The van der Waals surface area contributed by atoms with E-state index in [2.05, 4.69) is 13.8 Å². The van der Waals surface area contributed by atoms with Gasteiger partial charge in [0.15, 0.2) is 5.78 Å². The molecule has 0 aliphatic heterocycles. The molecular weight excluding hydrogens is 252 g/mol. The lowest BCUT2D eigenvalue weighted by Gasteiger charge is -2.31. The highest BCUT2D eigenvalue weighted by atomic mass is 16.5. The zero-order chi connectivity index (χ0) is 14.7. The Hall–Kier alpha value is -1.51. The van der Waals surface area contributed by atoms with E-state index < -0.39 is 0 Å². The number of hydrogen-bond donors (Lipinski definition) is 0. The van der Waals surface area contributed by atoms with Gasteiger partial charge in [0.05, 0.1) is 19.8 Å². The summed E-state index contributed by atoms with van der Waals surface area (Å²) in [6, 6.07) is 5.42. The van der Waals surface area contributed by atoms with E-state index in [0.29, 0.717) is 28.9 Å². The van der Waals surface area contributed by atoms with Crippen LogP contribution < -0.4 is 9.47 Å². The smallest absolute Gasteiger partial charge is 0.169 e. The first-order valence-corrected chi connectivity index (χ1v) is 7.33. The van der Waals surface area contributed by atoms with E-state index in [4.69, 9.17) is 9.47 Å². The predicted molar refractivity (Wildman–Crippen MR) is 79.5 cm³/mol. The molecule has 0 aromatic heterocycles. The molecule has 3 nitrogen and oxygen atoms in total. The summed E-state index contributed by atoms with van der Waals surface area (Å²) in [5.41, 5.74) is 0.651. The molecule has 20 heavy (non-hydrogen) atoms. The van der Waals surface area contributed by atoms with Crippen molar-refractivity contribution in [1.29, 1.82) is 0 Å². The first kappa shape index (κ1) is 14.9. The van der Waals surface area contributed by atoms with E-state index in [1.165, 1.54) is 0 Å². The molecule has 0 bridgehead atoms. The highest BCUT2D eigenvalue weighted by Crippen LogP contribution is 2.37. The number of ketones is 1. The van der Waals surface area contributed by atoms with Gasteiger partial charge < -0.3 is 9.47 Å². The Bertz CT molecular complexity index is 481. The normalized spacial score (nSPS) is 26.1. The van der Waals surface area contributed by atoms with Crippen LogP contribution in [0.3, 0.4) is 0 Å². The summed E-state index contributed by atoms with van der Waals surface area (Å²) >= 11 is 0. The van der Waals surface area contributed by atoms with E-state index in [0.717, 1.165) is 19.3 Å². The summed E-state index contributed by atoms with van der Waals surface area (Å²) in [4.78, 5) is 12.8. The maximum Gasteiger partial charge on any atom is 0.169 e. The van der Waals surface area contributed by atoms with Gasteiger partial charge in [-0.15, -0.1) is 0 Å². The van der Waals surface area contributed by atoms with Crippen LogP contribution in [0.5, 0.6) is 11.5 Å². The fourth-order valence-corrected chi connectivity index (χ4v) is 3.01. The Morgan fingerprint density at radius 2 is 1.85 bits per heavy atom. The van der Waals surface area contributed by atoms with Crippen LogP contribution in [0.15, 0.2) is 18.2 Å². The van der Waals surface area contributed by atoms with E-state index in [-0.39, 0.29) is 11.7 Å². The van der Waals surface area contributed by atoms with Crippen LogP contribution in [0, 0.1) is 17.8 Å². The number of Topliss-reactive ketones (excluding diaryl/α,β-unsaturated/α-hetero) is 1. The second-order valence-electron chi connectivity index (χ2n) is 5.90. The Morgan fingerprint density at radius 3 is 2.45 bits per heavy atom. The van der Waals surface area contributed by atoms with Gasteiger partial charge in [-0.3, -0.25) is 4.79 Å². The van der Waals surface area contributed by atoms with Crippen molar-refractivity contribution in [1.82, 2.24) is 0 Å². The first-order chi connectivity index (χ1) is 9.56. The molecule has 2 rings (SSSR count). The minimum Gasteiger partial charge on any atom is -0.497 e. The second-order valence-corrected chi connectivity index (χ2v) is 5.90. The standard InChI is InChI=1S/C17H24O3/c1-11-5-6-13(9-12(11)2)17(18)15-10-14(19-3)7-8-16(15)20-4/h7-8,10-13H,5-6,9H2,1-4H3. The van der Waals surface area contributed by atoms with Gasteiger partial charge in [-0.2, -0.15) is 0 Å². The van der Waals surface area contributed by atoms with Gasteiger partial charge in [0.2, 0.25) is 0 Å². The Kier molecular flexibility index (Phi) is 4.69. The Morgan fingerprint density at radius 1 is 1.10 bits per heavy atom. The van der Waals surface area contributed by atoms with Gasteiger partial charge in [0.25, 0.3) is 0 Å². The van der Waals surface area contributed by atoms with Crippen LogP contribution in [0.4, 0.5) is 0 Å². The summed E-state index contributed by atoms with van der Waals surface area (Å²) in [7, 11) is 3.21. The van der Waals surface area contributed by atoms with Crippen molar-refractivity contribution in [2.45, 2.75) is 33.1 Å². The Labute approximate surface area is 121 Å². The van der Waals surface area contributed by atoms with Crippen molar-refractivity contribution in [3.8, 4) is 11.5 Å². The molecule has 0 radical (unpaired) electrons. The highest BCUT2D eigenvalue weighted by Gasteiger charge is 2.31. The number of hydrogen-bond acceptors (Lipinski definition) is 3. The first-order valence-electron chi connectivity index (χ1n) is 7.33. The minimum absolute atomic E-state index is 0.113. The maximum atomic E-state index is 12.8. The molecule has 0 amide bonds. The van der Waals surface area contributed by atoms with Crippen molar-refractivity contribution in [3.05, 3.63) is 23.8 Å². The van der Waals surface area contributed by atoms with Crippen LogP contribution in [-0.2, 0) is 0 Å². The summed E-state index contributed by atoms with van der Waals surface area (Å²) < 4.78 is 10.6. The number of carbonyl (C=O) groups is 1. The molecule has 0 saturated heterocycles. The highest BCUT2D eigenvalue weighted by molar-refractivity contribution is 6.00. The molecular formula is C17H24O3. The van der Waals surface area contributed by atoms with Crippen molar-refractivity contribution in [2.75, 3.05) is 14.2 Å². The third-order valence-electron chi connectivity index (χ3n) is 4.64. The molecule has 3 atom stereocenters. The van der Waals surface area contributed by atoms with Gasteiger partial charge in [0.1, 0.15) is 11.5 Å². The van der Waals surface area contributed by atoms with Gasteiger partial charge in [-0.25, -0.2) is 0 Å². The summed E-state index contributed by atoms with van der Waals surface area (Å²) in [5.74, 6) is 2.97. The molecule has 110 valence electrons. The van der Waals surface area contributed by atoms with Gasteiger partial charge >= 0.3 is 0 Å². The number of methoxy groups -OCH3 is 2. The zero-order valence-electron chi connectivity index (χ0n) is 12.8. The zero-order valence-corrected chi connectivity index (χ0v) is 12.8. The molecule has 3 unspecified atom stereocenters. The van der Waals surface area contributed by atoms with Crippen molar-refractivity contribution in [2.24, 2.45) is 17.8 Å². The lowest BCUT2D eigenvalue weighted by Crippen LogP contribution is -2.26. The SMILES string of the molecule is COc1ccc(OC)c(C(=O)C2CCC(C)C(C)C2)c1. The molecule has 1 aromatic rings. The average Bonchev–Trinajstić information content (AvgIpc) is 2.48. The minimum atomic E-state index is 0.113. The van der Waals surface area contributed by atoms with E-state index in [9.17, 15) is 4.79 Å². The fraction of sp³-hybridized carbons (Fsp3) is 0.588. The third kappa shape index (κ3) is 2.97. The van der Waals surface area contributed by atoms with E-state index in [1.54, 1.807) is 26.4 Å². The number of carbonyl (C=O) groups excluding carboxylic acids is 1. The predicted octanol–water partition coefficient (Wildman–Crippen LogP) is 3.96. The van der Waals surface area contributed by atoms with Crippen LogP contribution >= 0.6 is 0 Å². The molecule has 1 aromatic carbocycles. The number of rotatable bonds is 4. The van der Waals surface area contributed by atoms with Gasteiger partial charge in [-0.1, -0.05) is 13.8 Å². The molecule has 1 saturated carbocycles. The van der Waals surface area contributed by atoms with Crippen LogP contribution in [0.1, 0.15) is 43.5 Å². The van der Waals surface area contributed by atoms with Crippen LogP contribution in [0.25, 0.3) is 0 Å². The lowest BCUT2D eigenvalue weighted by atomic mass is 9.73. The van der Waals surface area contributed by atoms with E-state index in [1.807, 2.05) is 6.07 Å². The van der Waals surface area contributed by atoms with Crippen molar-refractivity contribution in [3.63, 3.8) is 0 Å². The maximum absolute atomic E-state index is 12.8. The molecule has 0 heterocycles. The molecule has 0 spiro atoms. The Balaban J connectivity index is 2.24. The quantitative estimate of drug-likeness (QED) is 0.781. The second kappa shape index (κ2) is 6.29. The van der Waals surface area contributed by atoms with E-state index >= 15 is 0 Å². The summed E-state index contributed by atoms with van der Waals surface area (Å²) in [6.07, 6.45) is 3.08. The molecule has 1 fully saturated rings. The van der Waals surface area contributed by atoms with Crippen LogP contribution in [0.2, 0.25) is 0 Å². The molecule has 0 N–H and O–H groups in total. The monoisotopic (exact) mass is 276 g/mol. The number of ether oxygens (including phenoxy) is 2. The average molecular weight is 276 g/mol. The molecule has 1 aliphatic carbocycles. The van der Waals surface area contributed by atoms with Gasteiger partial charge in [0, 0.05) is 5.92 Å². The fourth-order valence-electron chi connectivity index (χ4n) is 3.01. The lowest BCUT2D eigenvalue weighted by molar-refractivity contribution is 0.0834. The summed E-state index contributed by atoms with van der Waals surface area (Å²) in [5, 5.41) is 0. The van der Waals surface area contributed by atoms with Crippen molar-refractivity contribution < 1.29 is 14.3 Å². The summed E-state index contributed by atoms with van der Waals surface area (Å²) in [6.45, 7) is 4.52. The molecule has 3 heteroatoms. The molecule has 1 aliphatic rings.